The smallest absolute Gasteiger partial charge is 0.123 e. The van der Waals surface area contributed by atoms with Gasteiger partial charge in [0.1, 0.15) is 5.75 Å². The number of benzene rings is 2. The predicted molar refractivity (Wildman–Crippen MR) is 79.9 cm³/mol. The summed E-state index contributed by atoms with van der Waals surface area (Å²) in [6, 6.07) is 15.5. The van der Waals surface area contributed by atoms with Gasteiger partial charge in [0.15, 0.2) is 0 Å². The molecule has 0 saturated heterocycles. The van der Waals surface area contributed by atoms with Crippen LogP contribution in [0.1, 0.15) is 31.9 Å². The summed E-state index contributed by atoms with van der Waals surface area (Å²) in [5.41, 5.74) is 9.14. The first-order chi connectivity index (χ1) is 9.08. The second-order valence-electron chi connectivity index (χ2n) is 5.38. The SMILES string of the molecule is CC(C)CC(N)c1ccc(O)c(-c2ccccc2)c1. The van der Waals surface area contributed by atoms with Crippen LogP contribution >= 0.6 is 0 Å². The van der Waals surface area contributed by atoms with E-state index >= 15 is 0 Å². The fraction of sp³-hybridized carbons (Fsp3) is 0.294. The zero-order valence-electron chi connectivity index (χ0n) is 11.5. The van der Waals surface area contributed by atoms with Crippen LogP contribution in [0, 0.1) is 5.92 Å². The molecule has 0 fully saturated rings. The first-order valence-electron chi connectivity index (χ1n) is 6.72. The molecule has 0 aliphatic carbocycles. The topological polar surface area (TPSA) is 46.2 Å². The van der Waals surface area contributed by atoms with Gasteiger partial charge in [0, 0.05) is 11.6 Å². The van der Waals surface area contributed by atoms with E-state index in [1.54, 1.807) is 6.07 Å². The Morgan fingerprint density at radius 3 is 2.37 bits per heavy atom. The summed E-state index contributed by atoms with van der Waals surface area (Å²) < 4.78 is 0. The lowest BCUT2D eigenvalue weighted by Crippen LogP contribution is -2.12. The van der Waals surface area contributed by atoms with E-state index in [0.717, 1.165) is 23.1 Å². The maximum Gasteiger partial charge on any atom is 0.123 e. The maximum atomic E-state index is 10.0. The molecule has 1 unspecified atom stereocenters. The average Bonchev–Trinajstić information content (AvgIpc) is 2.39. The van der Waals surface area contributed by atoms with E-state index < -0.39 is 0 Å². The molecular formula is C17H21NO. The van der Waals surface area contributed by atoms with Crippen molar-refractivity contribution in [1.82, 2.24) is 0 Å². The zero-order valence-corrected chi connectivity index (χ0v) is 11.5. The molecule has 0 heterocycles. The summed E-state index contributed by atoms with van der Waals surface area (Å²) in [5, 5.41) is 10.0. The fourth-order valence-electron chi connectivity index (χ4n) is 2.28. The molecule has 2 aromatic carbocycles. The summed E-state index contributed by atoms with van der Waals surface area (Å²) in [4.78, 5) is 0. The maximum absolute atomic E-state index is 10.0. The molecule has 19 heavy (non-hydrogen) atoms. The molecule has 1 atom stereocenters. The van der Waals surface area contributed by atoms with E-state index in [0.29, 0.717) is 11.7 Å². The molecular weight excluding hydrogens is 234 g/mol. The van der Waals surface area contributed by atoms with Crippen molar-refractivity contribution in [3.63, 3.8) is 0 Å². The fourth-order valence-corrected chi connectivity index (χ4v) is 2.28. The molecule has 3 N–H and O–H groups in total. The Morgan fingerprint density at radius 2 is 1.74 bits per heavy atom. The van der Waals surface area contributed by atoms with Crippen LogP contribution in [0.3, 0.4) is 0 Å². The Bertz CT molecular complexity index is 534. The Morgan fingerprint density at radius 1 is 1.05 bits per heavy atom. The third-order valence-electron chi connectivity index (χ3n) is 3.26. The van der Waals surface area contributed by atoms with E-state index in [1.165, 1.54) is 0 Å². The molecule has 0 radical (unpaired) electrons. The molecule has 100 valence electrons. The van der Waals surface area contributed by atoms with Gasteiger partial charge in [-0.1, -0.05) is 50.2 Å². The minimum Gasteiger partial charge on any atom is -0.507 e. The number of aromatic hydroxyl groups is 1. The molecule has 0 bridgehead atoms. The van der Waals surface area contributed by atoms with Crippen LogP contribution in [-0.4, -0.2) is 5.11 Å². The number of hydrogen-bond donors (Lipinski definition) is 2. The minimum atomic E-state index is 0.0167. The standard InChI is InChI=1S/C17H21NO/c1-12(2)10-16(18)14-8-9-17(19)15(11-14)13-6-4-3-5-7-13/h3-9,11-12,16,19H,10,18H2,1-2H3. The molecule has 2 aromatic rings. The van der Waals surface area contributed by atoms with Gasteiger partial charge < -0.3 is 10.8 Å². The van der Waals surface area contributed by atoms with E-state index in [-0.39, 0.29) is 6.04 Å². The molecule has 0 spiro atoms. The number of nitrogens with two attached hydrogens (primary N) is 1. The van der Waals surface area contributed by atoms with Gasteiger partial charge in [0.2, 0.25) is 0 Å². The molecule has 2 rings (SSSR count). The van der Waals surface area contributed by atoms with Crippen LogP contribution < -0.4 is 5.73 Å². The predicted octanol–water partition coefficient (Wildman–Crippen LogP) is 4.11. The van der Waals surface area contributed by atoms with Gasteiger partial charge in [-0.15, -0.1) is 0 Å². The number of phenols is 1. The summed E-state index contributed by atoms with van der Waals surface area (Å²) in [6.45, 7) is 4.33. The van der Waals surface area contributed by atoms with Crippen molar-refractivity contribution in [3.8, 4) is 16.9 Å². The van der Waals surface area contributed by atoms with Crippen LogP contribution in [0.15, 0.2) is 48.5 Å². The second-order valence-corrected chi connectivity index (χ2v) is 5.38. The Kier molecular flexibility index (Phi) is 4.23. The van der Waals surface area contributed by atoms with Gasteiger partial charge in [-0.2, -0.15) is 0 Å². The van der Waals surface area contributed by atoms with Crippen LogP contribution in [0.2, 0.25) is 0 Å². The van der Waals surface area contributed by atoms with Gasteiger partial charge >= 0.3 is 0 Å². The van der Waals surface area contributed by atoms with Crippen LogP contribution in [0.4, 0.5) is 0 Å². The van der Waals surface area contributed by atoms with E-state index in [4.69, 9.17) is 5.73 Å². The van der Waals surface area contributed by atoms with Crippen molar-refractivity contribution >= 4 is 0 Å². The molecule has 0 aliphatic rings. The van der Waals surface area contributed by atoms with Gasteiger partial charge in [0.05, 0.1) is 0 Å². The van der Waals surface area contributed by atoms with E-state index in [9.17, 15) is 5.11 Å². The van der Waals surface area contributed by atoms with Gasteiger partial charge in [-0.25, -0.2) is 0 Å². The molecule has 0 aromatic heterocycles. The van der Waals surface area contributed by atoms with Crippen LogP contribution in [0.5, 0.6) is 5.75 Å². The number of rotatable bonds is 4. The molecule has 0 aliphatic heterocycles. The largest absolute Gasteiger partial charge is 0.507 e. The Labute approximate surface area is 114 Å². The molecule has 0 saturated carbocycles. The van der Waals surface area contributed by atoms with Crippen molar-refractivity contribution in [1.29, 1.82) is 0 Å². The summed E-state index contributed by atoms with van der Waals surface area (Å²) in [5.74, 6) is 0.857. The van der Waals surface area contributed by atoms with Gasteiger partial charge in [-0.05, 0) is 35.6 Å². The lowest BCUT2D eigenvalue weighted by atomic mass is 9.94. The highest BCUT2D eigenvalue weighted by atomic mass is 16.3. The normalized spacial score (nSPS) is 12.6. The first-order valence-corrected chi connectivity index (χ1v) is 6.72. The lowest BCUT2D eigenvalue weighted by molar-refractivity contribution is 0.475. The molecule has 2 heteroatoms. The highest BCUT2D eigenvalue weighted by Gasteiger charge is 2.11. The average molecular weight is 255 g/mol. The monoisotopic (exact) mass is 255 g/mol. The summed E-state index contributed by atoms with van der Waals surface area (Å²) >= 11 is 0. The Hall–Kier alpha value is -1.80. The van der Waals surface area contributed by atoms with Crippen LogP contribution in [0.25, 0.3) is 11.1 Å². The minimum absolute atomic E-state index is 0.0167. The van der Waals surface area contributed by atoms with Gasteiger partial charge in [0.25, 0.3) is 0 Å². The van der Waals surface area contributed by atoms with E-state index in [2.05, 4.69) is 13.8 Å². The third-order valence-corrected chi connectivity index (χ3v) is 3.26. The van der Waals surface area contributed by atoms with Crippen molar-refractivity contribution in [2.75, 3.05) is 0 Å². The van der Waals surface area contributed by atoms with Crippen molar-refractivity contribution < 1.29 is 5.11 Å². The Balaban J connectivity index is 2.35. The summed E-state index contributed by atoms with van der Waals surface area (Å²) in [6.07, 6.45) is 0.943. The van der Waals surface area contributed by atoms with Gasteiger partial charge in [-0.3, -0.25) is 0 Å². The summed E-state index contributed by atoms with van der Waals surface area (Å²) in [7, 11) is 0. The second kappa shape index (κ2) is 5.89. The first kappa shape index (κ1) is 13.6. The number of hydrogen-bond acceptors (Lipinski definition) is 2. The number of phenolic OH excluding ortho intramolecular Hbond substituents is 1. The third kappa shape index (κ3) is 3.36. The van der Waals surface area contributed by atoms with E-state index in [1.807, 2.05) is 42.5 Å². The van der Waals surface area contributed by atoms with Crippen molar-refractivity contribution in [2.24, 2.45) is 11.7 Å². The zero-order chi connectivity index (χ0) is 13.8. The molecule has 0 amide bonds. The molecule has 2 nitrogen and oxygen atoms in total. The lowest BCUT2D eigenvalue weighted by Gasteiger charge is -2.16. The quantitative estimate of drug-likeness (QED) is 0.863. The highest BCUT2D eigenvalue weighted by Crippen LogP contribution is 2.32. The van der Waals surface area contributed by atoms with Crippen molar-refractivity contribution in [3.05, 3.63) is 54.1 Å². The van der Waals surface area contributed by atoms with Crippen LogP contribution in [-0.2, 0) is 0 Å². The van der Waals surface area contributed by atoms with Crippen molar-refractivity contribution in [2.45, 2.75) is 26.3 Å². The highest BCUT2D eigenvalue weighted by molar-refractivity contribution is 5.70.